The molecule has 0 N–H and O–H groups in total. The molecular formula is C17H22O5. The van der Waals surface area contributed by atoms with Crippen LogP contribution in [0.5, 0.6) is 5.75 Å². The lowest BCUT2D eigenvalue weighted by Crippen LogP contribution is -2.38. The molecule has 0 radical (unpaired) electrons. The maximum Gasteiger partial charge on any atom is 0.345 e. The summed E-state index contributed by atoms with van der Waals surface area (Å²) in [6.07, 6.45) is 0.760. The minimum Gasteiger partial charge on any atom is -0.460 e. The lowest BCUT2D eigenvalue weighted by atomic mass is 10.0. The van der Waals surface area contributed by atoms with Gasteiger partial charge in [0.2, 0.25) is 5.79 Å². The van der Waals surface area contributed by atoms with Gasteiger partial charge in [-0.05, 0) is 44.9 Å². The molecule has 2 rings (SSSR count). The normalized spacial score (nSPS) is 16.3. The molecule has 5 nitrogen and oxygen atoms in total. The van der Waals surface area contributed by atoms with E-state index in [1.807, 2.05) is 26.8 Å². The van der Waals surface area contributed by atoms with Crippen molar-refractivity contribution in [2.24, 2.45) is 0 Å². The van der Waals surface area contributed by atoms with Gasteiger partial charge in [-0.2, -0.15) is 0 Å². The van der Waals surface area contributed by atoms with E-state index in [4.69, 9.17) is 14.2 Å². The fourth-order valence-electron chi connectivity index (χ4n) is 2.18. The molecule has 1 aliphatic rings. The van der Waals surface area contributed by atoms with Gasteiger partial charge in [0.1, 0.15) is 16.9 Å². The topological polar surface area (TPSA) is 61.8 Å². The third-order valence-corrected chi connectivity index (χ3v) is 3.00. The number of cyclic esters (lactones) is 1. The van der Waals surface area contributed by atoms with Crippen LogP contribution in [0.2, 0.25) is 0 Å². The van der Waals surface area contributed by atoms with Gasteiger partial charge in [0, 0.05) is 20.3 Å². The lowest BCUT2D eigenvalue weighted by Gasteiger charge is -2.31. The van der Waals surface area contributed by atoms with Crippen molar-refractivity contribution in [1.82, 2.24) is 0 Å². The molecule has 22 heavy (non-hydrogen) atoms. The van der Waals surface area contributed by atoms with E-state index >= 15 is 0 Å². The fraction of sp³-hybridized carbons (Fsp3) is 0.529. The van der Waals surface area contributed by atoms with Gasteiger partial charge >= 0.3 is 11.9 Å². The number of rotatable bonds is 3. The first-order chi connectivity index (χ1) is 10.1. The number of carbonyl (C=O) groups excluding carboxylic acids is 2. The Balaban J connectivity index is 2.05. The van der Waals surface area contributed by atoms with Crippen molar-refractivity contribution in [2.75, 3.05) is 0 Å². The molecule has 0 spiro atoms. The number of hydrogen-bond donors (Lipinski definition) is 0. The van der Waals surface area contributed by atoms with Crippen molar-refractivity contribution in [3.63, 3.8) is 0 Å². The minimum absolute atomic E-state index is 0.259. The van der Waals surface area contributed by atoms with Crippen molar-refractivity contribution in [3.05, 3.63) is 29.3 Å². The molecule has 0 fully saturated rings. The molecule has 120 valence electrons. The maximum atomic E-state index is 12.0. The van der Waals surface area contributed by atoms with Crippen LogP contribution in [0.25, 0.3) is 0 Å². The molecule has 0 amide bonds. The highest BCUT2D eigenvalue weighted by Crippen LogP contribution is 2.31. The molecule has 1 aromatic rings. The predicted molar refractivity (Wildman–Crippen MR) is 80.7 cm³/mol. The Labute approximate surface area is 130 Å². The molecule has 0 saturated heterocycles. The Hall–Kier alpha value is -2.04. The summed E-state index contributed by atoms with van der Waals surface area (Å²) < 4.78 is 16.1. The van der Waals surface area contributed by atoms with E-state index in [2.05, 4.69) is 0 Å². The zero-order valence-electron chi connectivity index (χ0n) is 13.7. The van der Waals surface area contributed by atoms with Crippen molar-refractivity contribution in [1.29, 1.82) is 0 Å². The second kappa shape index (κ2) is 5.63. The van der Waals surface area contributed by atoms with Crippen molar-refractivity contribution >= 4 is 11.9 Å². The Morgan fingerprint density at radius 3 is 2.55 bits per heavy atom. The van der Waals surface area contributed by atoms with Gasteiger partial charge in [0.25, 0.3) is 0 Å². The zero-order chi connectivity index (χ0) is 16.5. The van der Waals surface area contributed by atoms with Crippen LogP contribution in [0.4, 0.5) is 0 Å². The van der Waals surface area contributed by atoms with Crippen LogP contribution >= 0.6 is 0 Å². The average molecular weight is 306 g/mol. The SMILES string of the molecule is CC(C)(C)OC(=O)CCc1ccc2c(c1)C(=O)OC(C)(C)O2. The molecule has 5 heteroatoms. The monoisotopic (exact) mass is 306 g/mol. The minimum atomic E-state index is -0.956. The van der Waals surface area contributed by atoms with E-state index in [-0.39, 0.29) is 12.4 Å². The standard InChI is InChI=1S/C17H22O5/c1-16(2,3)21-14(18)9-7-11-6-8-13-12(10-11)15(19)22-17(4,5)20-13/h6,8,10H,7,9H2,1-5H3. The van der Waals surface area contributed by atoms with Crippen molar-refractivity contribution in [2.45, 2.75) is 58.8 Å². The van der Waals surface area contributed by atoms with Crippen molar-refractivity contribution in [3.8, 4) is 5.75 Å². The van der Waals surface area contributed by atoms with Crippen LogP contribution in [0.15, 0.2) is 18.2 Å². The fourth-order valence-corrected chi connectivity index (χ4v) is 2.18. The number of hydrogen-bond acceptors (Lipinski definition) is 5. The summed E-state index contributed by atoms with van der Waals surface area (Å²) in [5, 5.41) is 0. The largest absolute Gasteiger partial charge is 0.460 e. The average Bonchev–Trinajstić information content (AvgIpc) is 2.33. The summed E-state index contributed by atoms with van der Waals surface area (Å²) in [6, 6.07) is 5.29. The summed E-state index contributed by atoms with van der Waals surface area (Å²) in [5.74, 6) is -1.12. The molecule has 1 aromatic carbocycles. The summed E-state index contributed by atoms with van der Waals surface area (Å²) in [5.41, 5.74) is 0.766. The van der Waals surface area contributed by atoms with E-state index in [9.17, 15) is 9.59 Å². The summed E-state index contributed by atoms with van der Waals surface area (Å²) >= 11 is 0. The second-order valence-corrected chi connectivity index (χ2v) is 6.81. The molecule has 0 atom stereocenters. The van der Waals surface area contributed by atoms with E-state index in [0.29, 0.717) is 17.7 Å². The molecule has 0 bridgehead atoms. The molecule has 0 unspecified atom stereocenters. The molecule has 0 saturated carbocycles. The quantitative estimate of drug-likeness (QED) is 0.802. The summed E-state index contributed by atoms with van der Waals surface area (Å²) in [7, 11) is 0. The van der Waals surface area contributed by atoms with Gasteiger partial charge in [-0.25, -0.2) is 4.79 Å². The first-order valence-corrected chi connectivity index (χ1v) is 7.33. The van der Waals surface area contributed by atoms with Crippen LogP contribution in [0.1, 0.15) is 57.0 Å². The van der Waals surface area contributed by atoms with Crippen LogP contribution in [-0.2, 0) is 20.7 Å². The number of esters is 2. The predicted octanol–water partition coefficient (Wildman–Crippen LogP) is 3.25. The van der Waals surface area contributed by atoms with Crippen LogP contribution < -0.4 is 4.74 Å². The molecule has 1 aliphatic heterocycles. The molecular weight excluding hydrogens is 284 g/mol. The van der Waals surface area contributed by atoms with Gasteiger partial charge in [-0.15, -0.1) is 0 Å². The van der Waals surface area contributed by atoms with E-state index in [1.165, 1.54) is 0 Å². The van der Waals surface area contributed by atoms with Crippen LogP contribution in [0, 0.1) is 0 Å². The third kappa shape index (κ3) is 4.23. The highest BCUT2D eigenvalue weighted by atomic mass is 16.7. The second-order valence-electron chi connectivity index (χ2n) is 6.81. The Bertz CT molecular complexity index is 596. The smallest absolute Gasteiger partial charge is 0.345 e. The number of ether oxygens (including phenoxy) is 3. The van der Waals surface area contributed by atoms with Crippen LogP contribution in [0.3, 0.4) is 0 Å². The highest BCUT2D eigenvalue weighted by molar-refractivity contribution is 5.93. The van der Waals surface area contributed by atoms with Gasteiger partial charge < -0.3 is 14.2 Å². The number of aryl methyl sites for hydroxylation is 1. The zero-order valence-corrected chi connectivity index (χ0v) is 13.7. The Morgan fingerprint density at radius 2 is 1.91 bits per heavy atom. The first kappa shape index (κ1) is 16.3. The first-order valence-electron chi connectivity index (χ1n) is 7.33. The Kier molecular flexibility index (Phi) is 4.18. The number of fused-ring (bicyclic) bond motifs is 1. The number of benzene rings is 1. The van der Waals surface area contributed by atoms with Gasteiger partial charge in [0.15, 0.2) is 0 Å². The summed E-state index contributed by atoms with van der Waals surface area (Å²) in [4.78, 5) is 23.7. The maximum absolute atomic E-state index is 12.0. The van der Waals surface area contributed by atoms with Gasteiger partial charge in [0.05, 0.1) is 0 Å². The van der Waals surface area contributed by atoms with Crippen LogP contribution in [-0.4, -0.2) is 23.3 Å². The number of carbonyl (C=O) groups is 2. The Morgan fingerprint density at radius 1 is 1.23 bits per heavy atom. The van der Waals surface area contributed by atoms with Gasteiger partial charge in [-0.1, -0.05) is 6.07 Å². The van der Waals surface area contributed by atoms with E-state index in [1.54, 1.807) is 26.0 Å². The van der Waals surface area contributed by atoms with E-state index < -0.39 is 17.4 Å². The lowest BCUT2D eigenvalue weighted by molar-refractivity contribution is -0.154. The van der Waals surface area contributed by atoms with Gasteiger partial charge in [-0.3, -0.25) is 4.79 Å². The third-order valence-electron chi connectivity index (χ3n) is 3.00. The molecule has 0 aromatic heterocycles. The van der Waals surface area contributed by atoms with E-state index in [0.717, 1.165) is 5.56 Å². The summed E-state index contributed by atoms with van der Waals surface area (Å²) in [6.45, 7) is 8.87. The molecule has 0 aliphatic carbocycles. The molecule has 1 heterocycles. The highest BCUT2D eigenvalue weighted by Gasteiger charge is 2.33. The van der Waals surface area contributed by atoms with Crippen molar-refractivity contribution < 1.29 is 23.8 Å².